The van der Waals surface area contributed by atoms with E-state index < -0.39 is 0 Å². The lowest BCUT2D eigenvalue weighted by Crippen LogP contribution is -2.25. The van der Waals surface area contributed by atoms with E-state index >= 15 is 0 Å². The molecule has 0 bridgehead atoms. The Balaban J connectivity index is 3.16. The van der Waals surface area contributed by atoms with Gasteiger partial charge in [-0.1, -0.05) is 47.6 Å². The first-order valence-electron chi connectivity index (χ1n) is 8.49. The molecule has 0 aliphatic rings. The predicted molar refractivity (Wildman–Crippen MR) is 97.8 cm³/mol. The van der Waals surface area contributed by atoms with Crippen LogP contribution >= 0.6 is 0 Å². The van der Waals surface area contributed by atoms with E-state index in [1.165, 1.54) is 17.5 Å². The summed E-state index contributed by atoms with van der Waals surface area (Å²) in [5, 5.41) is 0. The normalized spacial score (nSPS) is 14.8. The van der Waals surface area contributed by atoms with Crippen LogP contribution in [-0.2, 0) is 0 Å². The van der Waals surface area contributed by atoms with Crippen LogP contribution in [0.1, 0.15) is 85.8 Å². The molecule has 0 aromatic heterocycles. The molecule has 1 heteroatoms. The Morgan fingerprint density at radius 3 is 1.82 bits per heavy atom. The highest BCUT2D eigenvalue weighted by atomic mass is 16.5. The minimum absolute atomic E-state index is 0.150. The summed E-state index contributed by atoms with van der Waals surface area (Å²) in [6.45, 7) is 22.5. The summed E-state index contributed by atoms with van der Waals surface area (Å²) in [5.41, 5.74) is 3.23. The Morgan fingerprint density at radius 1 is 0.909 bits per heavy atom. The van der Waals surface area contributed by atoms with Crippen molar-refractivity contribution in [3.8, 4) is 5.75 Å². The zero-order chi connectivity index (χ0) is 17.3. The fourth-order valence-electron chi connectivity index (χ4n) is 2.95. The van der Waals surface area contributed by atoms with Crippen LogP contribution in [0, 0.1) is 17.8 Å². The van der Waals surface area contributed by atoms with Gasteiger partial charge in [-0.3, -0.25) is 0 Å². The predicted octanol–water partition coefficient (Wildman–Crippen LogP) is 6.74. The molecule has 0 N–H and O–H groups in total. The van der Waals surface area contributed by atoms with E-state index in [2.05, 4.69) is 87.4 Å². The average molecular weight is 305 g/mol. The van der Waals surface area contributed by atoms with E-state index in [9.17, 15) is 0 Å². The highest BCUT2D eigenvalue weighted by Gasteiger charge is 2.31. The highest BCUT2D eigenvalue weighted by Crippen LogP contribution is 2.44. The molecule has 1 nitrogen and oxygen atoms in total. The fourth-order valence-corrected chi connectivity index (χ4v) is 2.95. The summed E-state index contributed by atoms with van der Waals surface area (Å²) in [7, 11) is 0. The summed E-state index contributed by atoms with van der Waals surface area (Å²) in [5.74, 6) is 1.52. The molecule has 1 atom stereocenters. The van der Waals surface area contributed by atoms with Crippen molar-refractivity contribution in [2.24, 2.45) is 10.8 Å². The van der Waals surface area contributed by atoms with Crippen molar-refractivity contribution in [2.75, 3.05) is 0 Å². The Hall–Kier alpha value is -0.980. The Kier molecular flexibility index (Phi) is 5.42. The number of hydrogen-bond acceptors (Lipinski definition) is 1. The maximum Gasteiger partial charge on any atom is 0.120 e. The Bertz CT molecular complexity index is 492. The number of rotatable bonds is 3. The van der Waals surface area contributed by atoms with Crippen LogP contribution in [0.4, 0.5) is 0 Å². The third kappa shape index (κ3) is 6.02. The molecule has 1 aromatic rings. The van der Waals surface area contributed by atoms with Crippen LogP contribution in [0.15, 0.2) is 18.2 Å². The van der Waals surface area contributed by atoms with E-state index in [1.54, 1.807) is 0 Å². The SMILES string of the molecule is Cc1cc(OC(C)(C)C)ccc1C(CC(C)(C)C)C(C)(C)C. The topological polar surface area (TPSA) is 9.23 Å². The third-order valence-electron chi connectivity index (χ3n) is 3.90. The quantitative estimate of drug-likeness (QED) is 0.601. The Morgan fingerprint density at radius 2 is 1.45 bits per heavy atom. The van der Waals surface area contributed by atoms with E-state index in [-0.39, 0.29) is 11.0 Å². The third-order valence-corrected chi connectivity index (χ3v) is 3.90. The zero-order valence-electron chi connectivity index (χ0n) is 16.4. The molecule has 0 saturated carbocycles. The van der Waals surface area contributed by atoms with Crippen LogP contribution in [-0.4, -0.2) is 5.60 Å². The van der Waals surface area contributed by atoms with Gasteiger partial charge in [0.05, 0.1) is 0 Å². The first kappa shape index (κ1) is 19.1. The van der Waals surface area contributed by atoms with Gasteiger partial charge in [-0.25, -0.2) is 0 Å². The molecule has 1 aromatic carbocycles. The lowest BCUT2D eigenvalue weighted by Gasteiger charge is -2.37. The van der Waals surface area contributed by atoms with Crippen molar-refractivity contribution < 1.29 is 4.74 Å². The van der Waals surface area contributed by atoms with E-state index in [0.717, 1.165) is 5.75 Å². The first-order chi connectivity index (χ1) is 9.69. The van der Waals surface area contributed by atoms with Crippen LogP contribution in [0.5, 0.6) is 5.75 Å². The number of hydrogen-bond donors (Lipinski definition) is 0. The van der Waals surface area contributed by atoms with Crippen molar-refractivity contribution in [2.45, 2.75) is 87.2 Å². The molecule has 0 fully saturated rings. The smallest absolute Gasteiger partial charge is 0.120 e. The minimum Gasteiger partial charge on any atom is -0.488 e. The second-order valence-corrected chi connectivity index (χ2v) is 9.92. The summed E-state index contributed by atoms with van der Waals surface area (Å²) in [6, 6.07) is 6.61. The number of ether oxygens (including phenoxy) is 1. The first-order valence-corrected chi connectivity index (χ1v) is 8.49. The second kappa shape index (κ2) is 6.26. The summed E-state index contributed by atoms with van der Waals surface area (Å²) in [4.78, 5) is 0. The van der Waals surface area contributed by atoms with Gasteiger partial charge in [0, 0.05) is 0 Å². The molecule has 1 unspecified atom stereocenters. The Labute approximate surface area is 138 Å². The van der Waals surface area contributed by atoms with Crippen LogP contribution in [0.3, 0.4) is 0 Å². The lowest BCUT2D eigenvalue weighted by atomic mass is 9.68. The van der Waals surface area contributed by atoms with E-state index in [0.29, 0.717) is 11.3 Å². The molecule has 0 heterocycles. The van der Waals surface area contributed by atoms with Crippen LogP contribution in [0.2, 0.25) is 0 Å². The molecule has 1 rings (SSSR count). The molecule has 126 valence electrons. The van der Waals surface area contributed by atoms with Gasteiger partial charge < -0.3 is 4.74 Å². The van der Waals surface area contributed by atoms with E-state index in [4.69, 9.17) is 4.74 Å². The molecule has 0 saturated heterocycles. The number of benzene rings is 1. The molecular weight excluding hydrogens is 268 g/mol. The maximum atomic E-state index is 6.00. The van der Waals surface area contributed by atoms with Crippen molar-refractivity contribution in [3.63, 3.8) is 0 Å². The van der Waals surface area contributed by atoms with Crippen molar-refractivity contribution in [1.82, 2.24) is 0 Å². The van der Waals surface area contributed by atoms with Crippen LogP contribution < -0.4 is 4.74 Å². The fraction of sp³-hybridized carbons (Fsp3) is 0.714. The summed E-state index contributed by atoms with van der Waals surface area (Å²) < 4.78 is 6.00. The van der Waals surface area contributed by atoms with Gasteiger partial charge in [-0.2, -0.15) is 0 Å². The second-order valence-electron chi connectivity index (χ2n) is 9.92. The molecule has 0 spiro atoms. The monoisotopic (exact) mass is 304 g/mol. The summed E-state index contributed by atoms with van der Waals surface area (Å²) in [6.07, 6.45) is 1.19. The molecular formula is C21H36O. The van der Waals surface area contributed by atoms with Gasteiger partial charge in [0.2, 0.25) is 0 Å². The summed E-state index contributed by atoms with van der Waals surface area (Å²) >= 11 is 0. The molecule has 0 radical (unpaired) electrons. The standard InChI is InChI=1S/C21H36O/c1-15-13-16(22-21(8,9)10)11-12-17(15)18(20(5,6)7)14-19(2,3)4/h11-13,18H,14H2,1-10H3. The highest BCUT2D eigenvalue weighted by molar-refractivity contribution is 5.38. The molecule has 22 heavy (non-hydrogen) atoms. The molecule has 0 amide bonds. The zero-order valence-corrected chi connectivity index (χ0v) is 16.4. The molecule has 0 aliphatic carbocycles. The minimum atomic E-state index is -0.150. The van der Waals surface area contributed by atoms with Crippen molar-refractivity contribution in [3.05, 3.63) is 29.3 Å². The van der Waals surface area contributed by atoms with Gasteiger partial charge in [0.25, 0.3) is 0 Å². The van der Waals surface area contributed by atoms with Crippen molar-refractivity contribution in [1.29, 1.82) is 0 Å². The molecule has 0 aliphatic heterocycles. The van der Waals surface area contributed by atoms with Gasteiger partial charge in [-0.05, 0) is 74.1 Å². The number of aryl methyl sites for hydroxylation is 1. The van der Waals surface area contributed by atoms with Crippen LogP contribution in [0.25, 0.3) is 0 Å². The van der Waals surface area contributed by atoms with Gasteiger partial charge in [0.15, 0.2) is 0 Å². The van der Waals surface area contributed by atoms with Gasteiger partial charge in [0.1, 0.15) is 11.4 Å². The van der Waals surface area contributed by atoms with Crippen molar-refractivity contribution >= 4 is 0 Å². The van der Waals surface area contributed by atoms with Gasteiger partial charge in [-0.15, -0.1) is 0 Å². The van der Waals surface area contributed by atoms with E-state index in [1.807, 2.05) is 0 Å². The maximum absolute atomic E-state index is 6.00. The largest absolute Gasteiger partial charge is 0.488 e. The average Bonchev–Trinajstić information content (AvgIpc) is 2.21. The van der Waals surface area contributed by atoms with Gasteiger partial charge >= 0.3 is 0 Å². The lowest BCUT2D eigenvalue weighted by molar-refractivity contribution is 0.130.